The number of piperazine rings is 1. The van der Waals surface area contributed by atoms with Crippen LogP contribution in [0.1, 0.15) is 0 Å². The molecular weight excluding hydrogens is 395 g/mol. The van der Waals surface area contributed by atoms with Crippen LogP contribution in [-0.4, -0.2) is 55.4 Å². The summed E-state index contributed by atoms with van der Waals surface area (Å²) < 4.78 is 5.61. The zero-order valence-corrected chi connectivity index (χ0v) is 16.8. The van der Waals surface area contributed by atoms with Crippen molar-refractivity contribution in [1.82, 2.24) is 4.90 Å². The Morgan fingerprint density at radius 3 is 2.15 bits per heavy atom. The molecule has 1 fully saturated rings. The lowest BCUT2D eigenvalue weighted by atomic mass is 10.2. The summed E-state index contributed by atoms with van der Waals surface area (Å²) in [5.74, 6) is 0.729. The van der Waals surface area contributed by atoms with Gasteiger partial charge in [-0.1, -0.05) is 29.8 Å². The number of β-amino-alcohol motifs (C(OH)–C–C–N with tert-alkyl or cyclic N) is 1. The summed E-state index contributed by atoms with van der Waals surface area (Å²) in [6.45, 7) is 4.79. The molecule has 26 heavy (non-hydrogen) atoms. The number of nitrogens with zero attached hydrogens (tertiary/aromatic N) is 2. The molecule has 144 valence electrons. The van der Waals surface area contributed by atoms with Gasteiger partial charge in [0.25, 0.3) is 0 Å². The highest BCUT2D eigenvalue weighted by atomic mass is 35.5. The highest BCUT2D eigenvalue weighted by molar-refractivity contribution is 6.30. The first kappa shape index (κ1) is 22.9. The van der Waals surface area contributed by atoms with Crippen LogP contribution in [0.25, 0.3) is 0 Å². The van der Waals surface area contributed by atoms with Crippen molar-refractivity contribution in [2.75, 3.05) is 44.2 Å². The molecule has 0 amide bonds. The molecule has 1 heterocycles. The van der Waals surface area contributed by atoms with Gasteiger partial charge < -0.3 is 14.7 Å². The minimum atomic E-state index is -0.496. The van der Waals surface area contributed by atoms with Gasteiger partial charge in [0.2, 0.25) is 0 Å². The summed E-state index contributed by atoms with van der Waals surface area (Å²) in [7, 11) is 0. The number of para-hydroxylation sites is 1. The lowest BCUT2D eigenvalue weighted by molar-refractivity contribution is 0.0663. The van der Waals surface area contributed by atoms with Gasteiger partial charge in [0.15, 0.2) is 0 Å². The summed E-state index contributed by atoms with van der Waals surface area (Å²) in [6.07, 6.45) is -0.496. The molecule has 1 aliphatic heterocycles. The molecule has 1 saturated heterocycles. The van der Waals surface area contributed by atoms with Crippen LogP contribution in [0.3, 0.4) is 0 Å². The normalized spacial score (nSPS) is 15.5. The van der Waals surface area contributed by atoms with Gasteiger partial charge >= 0.3 is 0 Å². The number of anilines is 1. The molecule has 1 N–H and O–H groups in total. The van der Waals surface area contributed by atoms with Crippen molar-refractivity contribution in [3.63, 3.8) is 0 Å². The maximum atomic E-state index is 10.2. The minimum absolute atomic E-state index is 0. The van der Waals surface area contributed by atoms with Gasteiger partial charge in [-0.25, -0.2) is 0 Å². The molecule has 2 aromatic rings. The van der Waals surface area contributed by atoms with Crippen LogP contribution in [0, 0.1) is 0 Å². The van der Waals surface area contributed by atoms with E-state index in [9.17, 15) is 5.11 Å². The highest BCUT2D eigenvalue weighted by Crippen LogP contribution is 2.17. The van der Waals surface area contributed by atoms with Crippen LogP contribution >= 0.6 is 36.4 Å². The number of hydrogen-bond acceptors (Lipinski definition) is 4. The standard InChI is InChI=1S/C19H23ClN2O2.2ClH/c20-16-6-8-19(9-7-16)24-15-18(23)14-21-10-12-22(13-11-21)17-4-2-1-3-5-17;;/h1-9,18,23H,10-15H2;2*1H. The van der Waals surface area contributed by atoms with Crippen molar-refractivity contribution < 1.29 is 9.84 Å². The van der Waals surface area contributed by atoms with E-state index < -0.39 is 6.10 Å². The molecule has 1 aliphatic rings. The number of benzene rings is 2. The Balaban J connectivity index is 0.00000169. The van der Waals surface area contributed by atoms with E-state index in [0.717, 1.165) is 31.9 Å². The fraction of sp³-hybridized carbons (Fsp3) is 0.368. The molecule has 3 rings (SSSR count). The fourth-order valence-corrected chi connectivity index (χ4v) is 3.03. The van der Waals surface area contributed by atoms with Crippen molar-refractivity contribution in [2.45, 2.75) is 6.10 Å². The van der Waals surface area contributed by atoms with Gasteiger partial charge in [-0.15, -0.1) is 24.8 Å². The molecule has 1 unspecified atom stereocenters. The predicted octanol–water partition coefficient (Wildman–Crippen LogP) is 3.75. The third-order valence-electron chi connectivity index (χ3n) is 4.22. The van der Waals surface area contributed by atoms with Crippen molar-refractivity contribution in [3.05, 3.63) is 59.6 Å². The number of aliphatic hydroxyl groups excluding tert-OH is 1. The SMILES string of the molecule is Cl.Cl.OC(COc1ccc(Cl)cc1)CN1CCN(c2ccccc2)CC1. The molecule has 0 radical (unpaired) electrons. The molecule has 0 aromatic heterocycles. The molecule has 0 spiro atoms. The maximum absolute atomic E-state index is 10.2. The summed E-state index contributed by atoms with van der Waals surface area (Å²) in [5.41, 5.74) is 1.27. The molecule has 7 heteroatoms. The first-order chi connectivity index (χ1) is 11.7. The Kier molecular flexibility index (Phi) is 10.1. The second kappa shape index (κ2) is 11.5. The Bertz CT molecular complexity index is 620. The fourth-order valence-electron chi connectivity index (χ4n) is 2.90. The number of aliphatic hydroxyl groups is 1. The van der Waals surface area contributed by atoms with Crippen LogP contribution in [0.5, 0.6) is 5.75 Å². The molecule has 2 aromatic carbocycles. The van der Waals surface area contributed by atoms with E-state index >= 15 is 0 Å². The molecule has 0 saturated carbocycles. The van der Waals surface area contributed by atoms with E-state index in [0.29, 0.717) is 18.2 Å². The second-order valence-electron chi connectivity index (χ2n) is 6.04. The Labute approximate surface area is 172 Å². The van der Waals surface area contributed by atoms with Gasteiger partial charge in [0.1, 0.15) is 18.5 Å². The quantitative estimate of drug-likeness (QED) is 0.773. The van der Waals surface area contributed by atoms with E-state index in [4.69, 9.17) is 16.3 Å². The van der Waals surface area contributed by atoms with Gasteiger partial charge in [0.05, 0.1) is 0 Å². The number of rotatable bonds is 6. The van der Waals surface area contributed by atoms with Crippen LogP contribution in [0.2, 0.25) is 5.02 Å². The summed E-state index contributed by atoms with van der Waals surface area (Å²) in [4.78, 5) is 4.67. The van der Waals surface area contributed by atoms with Gasteiger partial charge in [0, 0.05) is 43.4 Å². The molecule has 1 atom stereocenters. The summed E-state index contributed by atoms with van der Waals surface area (Å²) in [5, 5.41) is 10.9. The molecular formula is C19H25Cl3N2O2. The average Bonchev–Trinajstić information content (AvgIpc) is 2.63. The third-order valence-corrected chi connectivity index (χ3v) is 4.47. The smallest absolute Gasteiger partial charge is 0.119 e. The monoisotopic (exact) mass is 418 g/mol. The zero-order chi connectivity index (χ0) is 16.8. The predicted molar refractivity (Wildman–Crippen MR) is 113 cm³/mol. The van der Waals surface area contributed by atoms with Gasteiger partial charge in [-0.2, -0.15) is 0 Å². The lowest BCUT2D eigenvalue weighted by Crippen LogP contribution is -2.49. The minimum Gasteiger partial charge on any atom is -0.491 e. The molecule has 4 nitrogen and oxygen atoms in total. The van der Waals surface area contributed by atoms with Crippen LogP contribution < -0.4 is 9.64 Å². The summed E-state index contributed by atoms with van der Waals surface area (Å²) in [6, 6.07) is 17.7. The Morgan fingerprint density at radius 1 is 0.923 bits per heavy atom. The maximum Gasteiger partial charge on any atom is 0.119 e. The largest absolute Gasteiger partial charge is 0.491 e. The average molecular weight is 420 g/mol. The first-order valence-electron chi connectivity index (χ1n) is 8.29. The van der Waals surface area contributed by atoms with E-state index in [1.54, 1.807) is 12.1 Å². The topological polar surface area (TPSA) is 35.9 Å². The number of hydrogen-bond donors (Lipinski definition) is 1. The van der Waals surface area contributed by atoms with E-state index in [1.165, 1.54) is 5.69 Å². The molecule has 0 bridgehead atoms. The highest BCUT2D eigenvalue weighted by Gasteiger charge is 2.19. The van der Waals surface area contributed by atoms with Gasteiger partial charge in [-0.05, 0) is 36.4 Å². The Morgan fingerprint density at radius 2 is 1.54 bits per heavy atom. The molecule has 0 aliphatic carbocycles. The van der Waals surface area contributed by atoms with Crippen LogP contribution in [0.15, 0.2) is 54.6 Å². The third kappa shape index (κ3) is 6.86. The van der Waals surface area contributed by atoms with E-state index in [-0.39, 0.29) is 24.8 Å². The first-order valence-corrected chi connectivity index (χ1v) is 8.67. The lowest BCUT2D eigenvalue weighted by Gasteiger charge is -2.36. The Hall–Kier alpha value is -1.17. The van der Waals surface area contributed by atoms with Crippen molar-refractivity contribution >= 4 is 42.1 Å². The van der Waals surface area contributed by atoms with E-state index in [1.807, 2.05) is 18.2 Å². The van der Waals surface area contributed by atoms with Crippen molar-refractivity contribution in [3.8, 4) is 5.75 Å². The van der Waals surface area contributed by atoms with Crippen molar-refractivity contribution in [1.29, 1.82) is 0 Å². The number of ether oxygens (including phenoxy) is 1. The second-order valence-corrected chi connectivity index (χ2v) is 6.48. The van der Waals surface area contributed by atoms with Gasteiger partial charge in [-0.3, -0.25) is 4.90 Å². The summed E-state index contributed by atoms with van der Waals surface area (Å²) >= 11 is 5.84. The van der Waals surface area contributed by atoms with E-state index in [2.05, 4.69) is 34.1 Å². The zero-order valence-electron chi connectivity index (χ0n) is 14.5. The van der Waals surface area contributed by atoms with Crippen molar-refractivity contribution in [2.24, 2.45) is 0 Å². The van der Waals surface area contributed by atoms with Crippen LogP contribution in [0.4, 0.5) is 5.69 Å². The van der Waals surface area contributed by atoms with Crippen LogP contribution in [-0.2, 0) is 0 Å². The number of halogens is 3.